The molecule has 19 heavy (non-hydrogen) atoms. The highest BCUT2D eigenvalue weighted by Crippen LogP contribution is 2.23. The van der Waals surface area contributed by atoms with Gasteiger partial charge in [-0.1, -0.05) is 32.9 Å². The van der Waals surface area contributed by atoms with Gasteiger partial charge in [-0.3, -0.25) is 10.1 Å². The summed E-state index contributed by atoms with van der Waals surface area (Å²) < 4.78 is 5.08. The molecule has 1 unspecified atom stereocenters. The number of hydrogen-bond acceptors (Lipinski definition) is 5. The zero-order valence-corrected chi connectivity index (χ0v) is 12.7. The minimum Gasteiger partial charge on any atom is -0.396 e. The summed E-state index contributed by atoms with van der Waals surface area (Å²) in [5.74, 6) is 0.601. The van der Waals surface area contributed by atoms with Crippen LogP contribution in [0, 0.1) is 0 Å². The third-order valence-corrected chi connectivity index (χ3v) is 3.81. The van der Waals surface area contributed by atoms with Crippen molar-refractivity contribution in [2.24, 2.45) is 0 Å². The first kappa shape index (κ1) is 16.0. The van der Waals surface area contributed by atoms with Gasteiger partial charge in [-0.2, -0.15) is 0 Å². The third kappa shape index (κ3) is 5.65. The van der Waals surface area contributed by atoms with Crippen LogP contribution in [0.5, 0.6) is 0 Å². The molecule has 1 rings (SSSR count). The Morgan fingerprint density at radius 2 is 2.26 bits per heavy atom. The molecule has 0 aliphatic heterocycles. The molecule has 0 radical (unpaired) electrons. The van der Waals surface area contributed by atoms with E-state index < -0.39 is 0 Å². The van der Waals surface area contributed by atoms with Crippen LogP contribution in [-0.2, 0) is 10.2 Å². The van der Waals surface area contributed by atoms with Crippen LogP contribution in [0.4, 0.5) is 5.88 Å². The number of hydrogen-bond donors (Lipinski definition) is 2. The van der Waals surface area contributed by atoms with Gasteiger partial charge in [0, 0.05) is 23.3 Å². The fraction of sp³-hybridized carbons (Fsp3) is 0.692. The number of rotatable bonds is 6. The first-order chi connectivity index (χ1) is 8.82. The number of anilines is 1. The highest BCUT2D eigenvalue weighted by Gasteiger charge is 2.19. The Balaban J connectivity index is 2.42. The number of carbonyl (C=O) groups excluding carboxylic acids is 1. The van der Waals surface area contributed by atoms with E-state index in [0.29, 0.717) is 18.1 Å². The number of aromatic nitrogens is 1. The molecule has 1 amide bonds. The van der Waals surface area contributed by atoms with Gasteiger partial charge in [0.25, 0.3) is 0 Å². The van der Waals surface area contributed by atoms with E-state index in [1.807, 2.05) is 27.7 Å². The fourth-order valence-corrected chi connectivity index (χ4v) is 2.12. The van der Waals surface area contributed by atoms with Crippen LogP contribution >= 0.6 is 11.8 Å². The van der Waals surface area contributed by atoms with E-state index in [2.05, 4.69) is 10.5 Å². The van der Waals surface area contributed by atoms with Crippen LogP contribution in [-0.4, -0.2) is 33.8 Å². The molecule has 1 atom stereocenters. The lowest BCUT2D eigenvalue weighted by Crippen LogP contribution is -2.16. The second kappa shape index (κ2) is 6.96. The van der Waals surface area contributed by atoms with Crippen molar-refractivity contribution in [1.82, 2.24) is 5.16 Å². The predicted octanol–water partition coefficient (Wildman–Crippen LogP) is 2.41. The molecule has 0 aromatic carbocycles. The molecule has 0 bridgehead atoms. The van der Waals surface area contributed by atoms with Gasteiger partial charge in [-0.05, 0) is 6.42 Å². The average Bonchev–Trinajstić information content (AvgIpc) is 2.75. The largest absolute Gasteiger partial charge is 0.396 e. The molecule has 0 aliphatic carbocycles. The summed E-state index contributed by atoms with van der Waals surface area (Å²) in [6.07, 6.45) is 0.689. The van der Waals surface area contributed by atoms with Crippen LogP contribution < -0.4 is 5.32 Å². The minimum absolute atomic E-state index is 0.100. The van der Waals surface area contributed by atoms with E-state index in [1.165, 1.54) is 11.8 Å². The van der Waals surface area contributed by atoms with Crippen molar-refractivity contribution >= 4 is 23.6 Å². The minimum atomic E-state index is -0.119. The Kier molecular flexibility index (Phi) is 5.87. The zero-order valence-electron chi connectivity index (χ0n) is 11.9. The number of amides is 1. The number of aliphatic hydroxyl groups is 1. The summed E-state index contributed by atoms with van der Waals surface area (Å²) in [6, 6.07) is 1.75. The SMILES string of the molecule is CC(CCO)SCC(=O)Nc1cc(C(C)(C)C)no1. The van der Waals surface area contributed by atoms with Crippen LogP contribution in [0.1, 0.15) is 39.8 Å². The molecule has 0 fully saturated rings. The molecular weight excluding hydrogens is 264 g/mol. The molecule has 0 saturated carbocycles. The summed E-state index contributed by atoms with van der Waals surface area (Å²) in [6.45, 7) is 8.22. The fourth-order valence-electron chi connectivity index (χ4n) is 1.34. The molecule has 1 heterocycles. The van der Waals surface area contributed by atoms with Crippen molar-refractivity contribution in [3.8, 4) is 0 Å². The monoisotopic (exact) mass is 286 g/mol. The Morgan fingerprint density at radius 1 is 1.58 bits per heavy atom. The van der Waals surface area contributed by atoms with Crippen molar-refractivity contribution in [2.75, 3.05) is 17.7 Å². The predicted molar refractivity (Wildman–Crippen MR) is 77.5 cm³/mol. The van der Waals surface area contributed by atoms with Crippen molar-refractivity contribution < 1.29 is 14.4 Å². The Bertz CT molecular complexity index is 412. The molecule has 0 aliphatic rings. The molecule has 108 valence electrons. The molecular formula is C13H22N2O3S. The van der Waals surface area contributed by atoms with Gasteiger partial charge in [-0.25, -0.2) is 0 Å². The van der Waals surface area contributed by atoms with Crippen molar-refractivity contribution in [1.29, 1.82) is 0 Å². The average molecular weight is 286 g/mol. The molecule has 6 heteroatoms. The second-order valence-electron chi connectivity index (χ2n) is 5.51. The first-order valence-corrected chi connectivity index (χ1v) is 7.37. The Hall–Kier alpha value is -1.01. The number of carbonyl (C=O) groups is 1. The van der Waals surface area contributed by atoms with Gasteiger partial charge in [-0.15, -0.1) is 11.8 Å². The summed E-state index contributed by atoms with van der Waals surface area (Å²) in [5.41, 5.74) is 0.709. The molecule has 2 N–H and O–H groups in total. The standard InChI is InChI=1S/C13H22N2O3S/c1-9(5-6-16)19-8-11(17)14-12-7-10(15-18-12)13(2,3)4/h7,9,16H,5-6,8H2,1-4H3,(H,14,17). The quantitative estimate of drug-likeness (QED) is 0.840. The highest BCUT2D eigenvalue weighted by atomic mass is 32.2. The molecule has 0 spiro atoms. The number of thioether (sulfide) groups is 1. The first-order valence-electron chi connectivity index (χ1n) is 6.32. The smallest absolute Gasteiger partial charge is 0.236 e. The van der Waals surface area contributed by atoms with E-state index >= 15 is 0 Å². The zero-order chi connectivity index (χ0) is 14.5. The molecule has 5 nitrogen and oxygen atoms in total. The van der Waals surface area contributed by atoms with E-state index in [4.69, 9.17) is 9.63 Å². The van der Waals surface area contributed by atoms with Crippen molar-refractivity contribution in [3.05, 3.63) is 11.8 Å². The van der Waals surface area contributed by atoms with Gasteiger partial charge in [0.15, 0.2) is 0 Å². The summed E-state index contributed by atoms with van der Waals surface area (Å²) in [5, 5.41) is 15.7. The molecule has 0 saturated heterocycles. The van der Waals surface area contributed by atoms with E-state index in [0.717, 1.165) is 5.69 Å². The number of nitrogens with one attached hydrogen (secondary N) is 1. The van der Waals surface area contributed by atoms with E-state index in [9.17, 15) is 4.79 Å². The van der Waals surface area contributed by atoms with Crippen LogP contribution in [0.2, 0.25) is 0 Å². The van der Waals surface area contributed by atoms with Crippen LogP contribution in [0.3, 0.4) is 0 Å². The van der Waals surface area contributed by atoms with Crippen LogP contribution in [0.15, 0.2) is 10.6 Å². The van der Waals surface area contributed by atoms with Crippen molar-refractivity contribution in [3.63, 3.8) is 0 Å². The highest BCUT2D eigenvalue weighted by molar-refractivity contribution is 8.00. The van der Waals surface area contributed by atoms with Crippen LogP contribution in [0.25, 0.3) is 0 Å². The number of aliphatic hydroxyl groups excluding tert-OH is 1. The maximum atomic E-state index is 11.7. The summed E-state index contributed by atoms with van der Waals surface area (Å²) in [7, 11) is 0. The summed E-state index contributed by atoms with van der Waals surface area (Å²) in [4.78, 5) is 11.7. The van der Waals surface area contributed by atoms with Gasteiger partial charge in [0.05, 0.1) is 11.4 Å². The van der Waals surface area contributed by atoms with Gasteiger partial charge >= 0.3 is 0 Å². The van der Waals surface area contributed by atoms with Gasteiger partial charge in [0.1, 0.15) is 0 Å². The summed E-state index contributed by atoms with van der Waals surface area (Å²) >= 11 is 1.51. The molecule has 1 aromatic rings. The lowest BCUT2D eigenvalue weighted by atomic mass is 9.92. The molecule has 1 aromatic heterocycles. The van der Waals surface area contributed by atoms with Crippen molar-refractivity contribution in [2.45, 2.75) is 44.8 Å². The lowest BCUT2D eigenvalue weighted by molar-refractivity contribution is -0.113. The maximum Gasteiger partial charge on any atom is 0.236 e. The van der Waals surface area contributed by atoms with Gasteiger partial charge < -0.3 is 9.63 Å². The number of nitrogens with zero attached hydrogens (tertiary/aromatic N) is 1. The topological polar surface area (TPSA) is 75.4 Å². The second-order valence-corrected chi connectivity index (χ2v) is 6.94. The van der Waals surface area contributed by atoms with E-state index in [1.54, 1.807) is 6.07 Å². The van der Waals surface area contributed by atoms with Gasteiger partial charge in [0.2, 0.25) is 11.8 Å². The third-order valence-electron chi connectivity index (χ3n) is 2.58. The Morgan fingerprint density at radius 3 is 2.79 bits per heavy atom. The normalized spacial score (nSPS) is 13.3. The maximum absolute atomic E-state index is 11.7. The van der Waals surface area contributed by atoms with E-state index in [-0.39, 0.29) is 23.2 Å². The lowest BCUT2D eigenvalue weighted by Gasteiger charge is -2.12. The Labute approximate surface area is 118 Å².